The molecule has 3 nitrogen and oxygen atoms in total. The van der Waals surface area contributed by atoms with Crippen LogP contribution < -0.4 is 0 Å². The molecule has 1 aliphatic carbocycles. The van der Waals surface area contributed by atoms with Gasteiger partial charge in [0.1, 0.15) is 5.67 Å². The normalized spacial score (nSPS) is 33.2. The van der Waals surface area contributed by atoms with Gasteiger partial charge >= 0.3 is 5.97 Å². The van der Waals surface area contributed by atoms with Crippen molar-refractivity contribution in [2.75, 3.05) is 0 Å². The van der Waals surface area contributed by atoms with Crippen molar-refractivity contribution >= 4 is 5.97 Å². The molecule has 0 spiro atoms. The van der Waals surface area contributed by atoms with Gasteiger partial charge in [-0.05, 0) is 24.6 Å². The quantitative estimate of drug-likeness (QED) is 0.808. The van der Waals surface area contributed by atoms with Crippen molar-refractivity contribution in [3.05, 3.63) is 35.4 Å². The Morgan fingerprint density at radius 1 is 1.44 bits per heavy atom. The third kappa shape index (κ3) is 1.80. The summed E-state index contributed by atoms with van der Waals surface area (Å²) in [5.74, 6) is -1.07. The highest BCUT2D eigenvalue weighted by Gasteiger charge is 2.53. The number of aromatic carboxylic acids is 1. The predicted octanol–water partition coefficient (Wildman–Crippen LogP) is 2.09. The molecule has 0 heterocycles. The fourth-order valence-corrected chi connectivity index (χ4v) is 2.29. The molecule has 0 aromatic heterocycles. The number of alkyl halides is 1. The van der Waals surface area contributed by atoms with Gasteiger partial charge in [-0.3, -0.25) is 0 Å². The molecule has 0 unspecified atom stereocenters. The summed E-state index contributed by atoms with van der Waals surface area (Å²) in [6.07, 6.45) is 0.0339. The number of rotatable bonds is 2. The molecule has 0 bridgehead atoms. The van der Waals surface area contributed by atoms with Gasteiger partial charge in [0, 0.05) is 12.8 Å². The number of benzene rings is 1. The van der Waals surface area contributed by atoms with E-state index in [1.807, 2.05) is 0 Å². The van der Waals surface area contributed by atoms with Crippen LogP contribution in [0, 0.1) is 0 Å². The molecule has 0 aliphatic heterocycles. The van der Waals surface area contributed by atoms with Crippen molar-refractivity contribution in [1.82, 2.24) is 0 Å². The fourth-order valence-electron chi connectivity index (χ4n) is 2.29. The van der Waals surface area contributed by atoms with Crippen LogP contribution in [-0.4, -0.2) is 21.8 Å². The monoisotopic (exact) mass is 224 g/mol. The minimum absolute atomic E-state index is 0.0169. The smallest absolute Gasteiger partial charge is 0.335 e. The Labute approximate surface area is 92.5 Å². The third-order valence-electron chi connectivity index (χ3n) is 2.95. The van der Waals surface area contributed by atoms with E-state index in [1.54, 1.807) is 13.0 Å². The zero-order chi connectivity index (χ0) is 12.0. The van der Waals surface area contributed by atoms with Crippen LogP contribution in [0.4, 0.5) is 4.39 Å². The second-order valence-corrected chi connectivity index (χ2v) is 4.70. The van der Waals surface area contributed by atoms with E-state index in [0.717, 1.165) is 0 Å². The topological polar surface area (TPSA) is 57.5 Å². The van der Waals surface area contributed by atoms with Crippen molar-refractivity contribution in [3.63, 3.8) is 0 Å². The minimum Gasteiger partial charge on any atom is -0.478 e. The van der Waals surface area contributed by atoms with Crippen molar-refractivity contribution in [2.45, 2.75) is 31.0 Å². The number of halogens is 1. The summed E-state index contributed by atoms with van der Waals surface area (Å²) in [5, 5.41) is 18.3. The summed E-state index contributed by atoms with van der Waals surface area (Å²) in [6, 6.07) is 5.83. The van der Waals surface area contributed by atoms with E-state index in [0.29, 0.717) is 5.56 Å². The third-order valence-corrected chi connectivity index (χ3v) is 2.95. The number of aliphatic hydroxyl groups is 1. The fraction of sp³-hybridized carbons (Fsp3) is 0.417. The summed E-state index contributed by atoms with van der Waals surface area (Å²) < 4.78 is 14.2. The molecule has 1 aliphatic rings. The van der Waals surface area contributed by atoms with Gasteiger partial charge in [0.25, 0.3) is 0 Å². The van der Waals surface area contributed by atoms with Crippen LogP contribution in [0.5, 0.6) is 0 Å². The zero-order valence-electron chi connectivity index (χ0n) is 8.90. The molecule has 1 fully saturated rings. The summed E-state index contributed by atoms with van der Waals surface area (Å²) in [5.41, 5.74) is -2.16. The van der Waals surface area contributed by atoms with Crippen molar-refractivity contribution in [2.24, 2.45) is 0 Å². The van der Waals surface area contributed by atoms with Gasteiger partial charge in [0.15, 0.2) is 0 Å². The van der Waals surface area contributed by atoms with E-state index in [-0.39, 0.29) is 18.4 Å². The lowest BCUT2D eigenvalue weighted by Crippen LogP contribution is -2.50. The Morgan fingerprint density at radius 3 is 2.56 bits per heavy atom. The Morgan fingerprint density at radius 2 is 2.06 bits per heavy atom. The summed E-state index contributed by atoms with van der Waals surface area (Å²) >= 11 is 0. The highest BCUT2D eigenvalue weighted by Crippen LogP contribution is 2.51. The molecule has 16 heavy (non-hydrogen) atoms. The molecule has 1 aromatic rings. The van der Waals surface area contributed by atoms with Gasteiger partial charge in [-0.15, -0.1) is 0 Å². The average molecular weight is 224 g/mol. The molecule has 1 aromatic carbocycles. The Kier molecular flexibility index (Phi) is 2.27. The lowest BCUT2D eigenvalue weighted by molar-refractivity contribution is -0.133. The van der Waals surface area contributed by atoms with Crippen LogP contribution in [-0.2, 0) is 5.67 Å². The Balaban J connectivity index is 2.29. The maximum atomic E-state index is 14.2. The molecule has 2 N–H and O–H groups in total. The molecular weight excluding hydrogens is 211 g/mol. The standard InChI is InChI=1S/C12H13FO3/c1-11(16)6-12(13,7-11)9-4-2-3-8(5-9)10(14)15/h2-5,16H,6-7H2,1H3,(H,14,15)/t11-,12+. The zero-order valence-corrected chi connectivity index (χ0v) is 8.90. The SMILES string of the molecule is C[C@]1(O)C[C@](F)(c2cccc(C(=O)O)c2)C1. The van der Waals surface area contributed by atoms with Crippen LogP contribution in [0.2, 0.25) is 0 Å². The largest absolute Gasteiger partial charge is 0.478 e. The number of hydrogen-bond donors (Lipinski definition) is 2. The first-order valence-corrected chi connectivity index (χ1v) is 5.08. The van der Waals surface area contributed by atoms with E-state index >= 15 is 0 Å². The van der Waals surface area contributed by atoms with Gasteiger partial charge in [0.05, 0.1) is 11.2 Å². The maximum absolute atomic E-state index is 14.2. The van der Waals surface area contributed by atoms with Gasteiger partial charge in [-0.25, -0.2) is 9.18 Å². The van der Waals surface area contributed by atoms with E-state index in [1.165, 1.54) is 18.2 Å². The van der Waals surface area contributed by atoms with Crippen LogP contribution in [0.1, 0.15) is 35.7 Å². The molecule has 4 heteroatoms. The van der Waals surface area contributed by atoms with Gasteiger partial charge in [-0.1, -0.05) is 12.1 Å². The Bertz CT molecular complexity index is 432. The highest BCUT2D eigenvalue weighted by atomic mass is 19.1. The van der Waals surface area contributed by atoms with Gasteiger partial charge in [0.2, 0.25) is 0 Å². The van der Waals surface area contributed by atoms with E-state index in [4.69, 9.17) is 5.11 Å². The van der Waals surface area contributed by atoms with Crippen LogP contribution >= 0.6 is 0 Å². The molecule has 0 atom stereocenters. The van der Waals surface area contributed by atoms with E-state index in [9.17, 15) is 14.3 Å². The Hall–Kier alpha value is -1.42. The second kappa shape index (κ2) is 3.28. The number of carbonyl (C=O) groups is 1. The first-order valence-electron chi connectivity index (χ1n) is 5.08. The van der Waals surface area contributed by atoms with Crippen LogP contribution in [0.25, 0.3) is 0 Å². The molecule has 0 saturated heterocycles. The predicted molar refractivity (Wildman–Crippen MR) is 56.0 cm³/mol. The number of carboxylic acids is 1. The lowest BCUT2D eigenvalue weighted by atomic mass is 9.66. The highest BCUT2D eigenvalue weighted by molar-refractivity contribution is 5.87. The van der Waals surface area contributed by atoms with Crippen LogP contribution in [0.15, 0.2) is 24.3 Å². The van der Waals surface area contributed by atoms with Crippen molar-refractivity contribution < 1.29 is 19.4 Å². The van der Waals surface area contributed by atoms with Crippen LogP contribution in [0.3, 0.4) is 0 Å². The van der Waals surface area contributed by atoms with Crippen molar-refractivity contribution in [3.8, 4) is 0 Å². The van der Waals surface area contributed by atoms with Gasteiger partial charge in [-0.2, -0.15) is 0 Å². The maximum Gasteiger partial charge on any atom is 0.335 e. The van der Waals surface area contributed by atoms with Crippen molar-refractivity contribution in [1.29, 1.82) is 0 Å². The van der Waals surface area contributed by atoms with E-state index < -0.39 is 17.2 Å². The first-order chi connectivity index (χ1) is 7.32. The average Bonchev–Trinajstić information content (AvgIpc) is 2.15. The number of carboxylic acid groups (broad SMARTS) is 1. The molecular formula is C12H13FO3. The molecule has 86 valence electrons. The second-order valence-electron chi connectivity index (χ2n) is 4.70. The minimum atomic E-state index is -1.59. The van der Waals surface area contributed by atoms with Gasteiger partial charge < -0.3 is 10.2 Å². The first kappa shape index (κ1) is 11.1. The number of hydrogen-bond acceptors (Lipinski definition) is 2. The molecule has 2 rings (SSSR count). The summed E-state index contributed by atoms with van der Waals surface area (Å²) in [6.45, 7) is 1.58. The lowest BCUT2D eigenvalue weighted by Gasteiger charge is -2.46. The van der Waals surface area contributed by atoms with E-state index in [2.05, 4.69) is 0 Å². The summed E-state index contributed by atoms with van der Waals surface area (Å²) in [4.78, 5) is 10.7. The summed E-state index contributed by atoms with van der Waals surface area (Å²) in [7, 11) is 0. The molecule has 0 radical (unpaired) electrons. The molecule has 0 amide bonds. The molecule has 1 saturated carbocycles.